The zero-order valence-electron chi connectivity index (χ0n) is 21.9. The fourth-order valence-corrected chi connectivity index (χ4v) is 6.99. The summed E-state index contributed by atoms with van der Waals surface area (Å²) in [6.45, 7) is 4.59. The molecule has 3 aliphatic rings. The van der Waals surface area contributed by atoms with Gasteiger partial charge in [-0.25, -0.2) is 13.2 Å². The number of piperazine rings is 1. The van der Waals surface area contributed by atoms with E-state index in [0.717, 1.165) is 25.7 Å². The first-order valence-corrected chi connectivity index (χ1v) is 15.1. The molecule has 0 bridgehead atoms. The van der Waals surface area contributed by atoms with Crippen molar-refractivity contribution >= 4 is 33.5 Å². The van der Waals surface area contributed by atoms with E-state index < -0.39 is 22.0 Å². The minimum atomic E-state index is -3.25. The molecule has 0 radical (unpaired) electrons. The summed E-state index contributed by atoms with van der Waals surface area (Å²) in [5.41, 5.74) is 6.42. The van der Waals surface area contributed by atoms with Gasteiger partial charge >= 0.3 is 5.97 Å². The summed E-state index contributed by atoms with van der Waals surface area (Å²) in [7, 11) is -3.25. The van der Waals surface area contributed by atoms with Crippen LogP contribution in [0.3, 0.4) is 0 Å². The van der Waals surface area contributed by atoms with Gasteiger partial charge in [-0.1, -0.05) is 0 Å². The highest BCUT2D eigenvalue weighted by Crippen LogP contribution is 2.33. The highest BCUT2D eigenvalue weighted by Gasteiger charge is 2.44. The summed E-state index contributed by atoms with van der Waals surface area (Å²) < 4.78 is 26.1. The largest absolute Gasteiger partial charge is 0.478 e. The third-order valence-electron chi connectivity index (χ3n) is 8.34. The van der Waals surface area contributed by atoms with Gasteiger partial charge in [0.2, 0.25) is 21.8 Å². The predicted octanol–water partition coefficient (Wildman–Crippen LogP) is 1.03. The average Bonchev–Trinajstić information content (AvgIpc) is 3.39. The SMILES string of the molecule is CCS(=O)(=O)N1CCN([C@H]2C[C@@H](C(=O)Nc3ccc(C(=O)O)cc3)N(C(=O)C3CCC(CN)CC3)C2)CC1. The van der Waals surface area contributed by atoms with E-state index in [9.17, 15) is 22.8 Å². The maximum Gasteiger partial charge on any atom is 0.335 e. The number of aromatic carboxylic acids is 1. The molecule has 1 aliphatic carbocycles. The monoisotopic (exact) mass is 549 g/mol. The Morgan fingerprint density at radius 3 is 2.21 bits per heavy atom. The molecule has 2 heterocycles. The molecule has 1 aromatic rings. The summed E-state index contributed by atoms with van der Waals surface area (Å²) in [5.74, 6) is -0.971. The van der Waals surface area contributed by atoms with E-state index in [-0.39, 0.29) is 35.1 Å². The molecule has 1 aromatic carbocycles. The lowest BCUT2D eigenvalue weighted by Crippen LogP contribution is -2.53. The summed E-state index contributed by atoms with van der Waals surface area (Å²) in [6, 6.07) is 5.24. The number of hydrogen-bond acceptors (Lipinski definition) is 7. The van der Waals surface area contributed by atoms with Crippen molar-refractivity contribution in [1.82, 2.24) is 14.1 Å². The smallest absolute Gasteiger partial charge is 0.335 e. The van der Waals surface area contributed by atoms with Crippen LogP contribution in [0.5, 0.6) is 0 Å². The highest BCUT2D eigenvalue weighted by atomic mass is 32.2. The van der Waals surface area contributed by atoms with Crippen molar-refractivity contribution in [3.05, 3.63) is 29.8 Å². The number of amides is 2. The van der Waals surface area contributed by atoms with Crippen LogP contribution in [0.25, 0.3) is 0 Å². The van der Waals surface area contributed by atoms with Crippen molar-refractivity contribution in [3.63, 3.8) is 0 Å². The molecule has 4 rings (SSSR count). The lowest BCUT2D eigenvalue weighted by molar-refractivity contribution is -0.141. The van der Waals surface area contributed by atoms with Crippen molar-refractivity contribution < 1.29 is 27.9 Å². The third-order valence-corrected chi connectivity index (χ3v) is 10.2. The molecule has 4 N–H and O–H groups in total. The molecular weight excluding hydrogens is 510 g/mol. The zero-order valence-corrected chi connectivity index (χ0v) is 22.7. The molecule has 0 aromatic heterocycles. The molecule has 0 unspecified atom stereocenters. The van der Waals surface area contributed by atoms with Crippen LogP contribution in [0.1, 0.15) is 49.4 Å². The van der Waals surface area contributed by atoms with Crippen molar-refractivity contribution in [2.45, 2.75) is 51.1 Å². The molecule has 2 saturated heterocycles. The van der Waals surface area contributed by atoms with Gasteiger partial charge in [0.15, 0.2) is 0 Å². The van der Waals surface area contributed by atoms with E-state index >= 15 is 0 Å². The molecule has 3 fully saturated rings. The predicted molar refractivity (Wildman–Crippen MR) is 143 cm³/mol. The van der Waals surface area contributed by atoms with E-state index in [1.165, 1.54) is 16.4 Å². The number of carboxylic acids is 1. The Bertz CT molecular complexity index is 1110. The maximum absolute atomic E-state index is 13.7. The normalized spacial score (nSPS) is 27.3. The summed E-state index contributed by atoms with van der Waals surface area (Å²) in [6.07, 6.45) is 3.81. The third kappa shape index (κ3) is 6.36. The van der Waals surface area contributed by atoms with Gasteiger partial charge in [0, 0.05) is 50.4 Å². The maximum atomic E-state index is 13.7. The molecule has 2 amide bonds. The van der Waals surface area contributed by atoms with E-state index in [4.69, 9.17) is 10.8 Å². The van der Waals surface area contributed by atoms with E-state index in [1.807, 2.05) is 0 Å². The first-order valence-electron chi connectivity index (χ1n) is 13.5. The van der Waals surface area contributed by atoms with Gasteiger partial charge in [-0.3, -0.25) is 14.5 Å². The van der Waals surface area contributed by atoms with Gasteiger partial charge in [-0.15, -0.1) is 0 Å². The highest BCUT2D eigenvalue weighted by molar-refractivity contribution is 7.89. The Morgan fingerprint density at radius 2 is 1.66 bits per heavy atom. The van der Waals surface area contributed by atoms with E-state index in [1.54, 1.807) is 24.0 Å². The number of nitrogens with one attached hydrogen (secondary N) is 1. The second-order valence-corrected chi connectivity index (χ2v) is 12.8. The Morgan fingerprint density at radius 1 is 1.03 bits per heavy atom. The number of carbonyl (C=O) groups is 3. The fraction of sp³-hybridized carbons (Fsp3) is 0.654. The number of nitrogens with zero attached hydrogens (tertiary/aromatic N) is 3. The number of benzene rings is 1. The van der Waals surface area contributed by atoms with Crippen LogP contribution >= 0.6 is 0 Å². The molecule has 0 spiro atoms. The number of sulfonamides is 1. The number of likely N-dealkylation sites (tertiary alicyclic amines) is 1. The number of nitrogens with two attached hydrogens (primary N) is 1. The molecule has 11 nitrogen and oxygen atoms in total. The zero-order chi connectivity index (χ0) is 27.4. The number of anilines is 1. The quantitative estimate of drug-likeness (QED) is 0.435. The lowest BCUT2D eigenvalue weighted by atomic mass is 9.81. The van der Waals surface area contributed by atoms with Crippen LogP contribution in [0.2, 0.25) is 0 Å². The Labute approximate surface area is 224 Å². The van der Waals surface area contributed by atoms with Gasteiger partial charge < -0.3 is 21.1 Å². The van der Waals surface area contributed by atoms with Crippen LogP contribution in [0.15, 0.2) is 24.3 Å². The standard InChI is InChI=1S/C26H39N5O6S/c1-2-38(36,37)30-13-11-29(12-14-30)22-15-23(24(32)28-21-9-7-20(8-10-21)26(34)35)31(17-22)25(33)19-5-3-18(16-27)4-6-19/h7-10,18-19,22-23H,2-6,11-17,27H2,1H3,(H,28,32)(H,34,35)/t18?,19?,22-,23-/m0/s1. The number of rotatable bonds is 8. The number of hydrogen-bond donors (Lipinski definition) is 3. The van der Waals surface area contributed by atoms with E-state index in [2.05, 4.69) is 10.2 Å². The van der Waals surface area contributed by atoms with Crippen LogP contribution in [0.4, 0.5) is 5.69 Å². The molecule has 12 heteroatoms. The van der Waals surface area contributed by atoms with Crippen molar-refractivity contribution in [3.8, 4) is 0 Å². The van der Waals surface area contributed by atoms with Crippen LogP contribution in [-0.2, 0) is 19.6 Å². The fourth-order valence-electron chi connectivity index (χ4n) is 5.90. The van der Waals surface area contributed by atoms with Crippen LogP contribution in [0, 0.1) is 11.8 Å². The van der Waals surface area contributed by atoms with Gasteiger partial charge in [0.1, 0.15) is 6.04 Å². The minimum Gasteiger partial charge on any atom is -0.478 e. The topological polar surface area (TPSA) is 153 Å². The second kappa shape index (κ2) is 12.1. The Balaban J connectivity index is 1.47. The lowest BCUT2D eigenvalue weighted by Gasteiger charge is -2.37. The first-order chi connectivity index (χ1) is 18.1. The molecule has 2 atom stereocenters. The van der Waals surface area contributed by atoms with Gasteiger partial charge in [0.05, 0.1) is 11.3 Å². The minimum absolute atomic E-state index is 0.00320. The summed E-state index contributed by atoms with van der Waals surface area (Å²) in [4.78, 5) is 42.2. The number of carboxylic acid groups (broad SMARTS) is 1. The van der Waals surface area contributed by atoms with Crippen molar-refractivity contribution in [1.29, 1.82) is 0 Å². The molecule has 210 valence electrons. The molecule has 38 heavy (non-hydrogen) atoms. The average molecular weight is 550 g/mol. The first kappa shape index (κ1) is 28.5. The number of carbonyl (C=O) groups excluding carboxylic acids is 2. The van der Waals surface area contributed by atoms with E-state index in [0.29, 0.717) is 57.3 Å². The van der Waals surface area contributed by atoms with Crippen LogP contribution < -0.4 is 11.1 Å². The molecule has 1 saturated carbocycles. The molecular formula is C26H39N5O6S. The Hall–Kier alpha value is -2.54. The van der Waals surface area contributed by atoms with Gasteiger partial charge in [0.25, 0.3) is 0 Å². The van der Waals surface area contributed by atoms with Gasteiger partial charge in [-0.05, 0) is 75.8 Å². The summed E-state index contributed by atoms with van der Waals surface area (Å²) >= 11 is 0. The van der Waals surface area contributed by atoms with Gasteiger partial charge in [-0.2, -0.15) is 4.31 Å². The summed E-state index contributed by atoms with van der Waals surface area (Å²) in [5, 5.41) is 12.0. The second-order valence-electron chi connectivity index (χ2n) is 10.6. The van der Waals surface area contributed by atoms with Crippen molar-refractivity contribution in [2.75, 3.05) is 50.3 Å². The Kier molecular flexibility index (Phi) is 9.07. The van der Waals surface area contributed by atoms with Crippen LogP contribution in [-0.4, -0.2) is 103 Å². The van der Waals surface area contributed by atoms with Crippen molar-refractivity contribution in [2.24, 2.45) is 17.6 Å². The molecule has 2 aliphatic heterocycles.